The summed E-state index contributed by atoms with van der Waals surface area (Å²) in [6, 6.07) is 150. The Kier molecular flexibility index (Phi) is 17.3. The molecule has 0 saturated carbocycles. The molecule has 0 radical (unpaired) electrons. The van der Waals surface area contributed by atoms with Crippen LogP contribution in [0.25, 0.3) is 198 Å². The molecule has 0 unspecified atom stereocenters. The van der Waals surface area contributed by atoms with Crippen molar-refractivity contribution in [2.24, 2.45) is 0 Å². The Morgan fingerprint density at radius 2 is 0.386 bits per heavy atom. The minimum atomic E-state index is 0.113. The molecule has 19 aromatic carbocycles. The predicted molar refractivity (Wildman–Crippen MR) is 489 cm³/mol. The Hall–Kier alpha value is -14.2. The Labute approximate surface area is 666 Å². The van der Waals surface area contributed by atoms with Gasteiger partial charge in [0.2, 0.25) is 0 Å². The fraction of sp³-hybridized carbons (Fsp3) is 0.0536. The van der Waals surface area contributed by atoms with Gasteiger partial charge in [-0.3, -0.25) is 0 Å². The van der Waals surface area contributed by atoms with Crippen LogP contribution >= 0.6 is 0 Å². The Morgan fingerprint density at radius 1 is 0.167 bits per heavy atom. The van der Waals surface area contributed by atoms with Crippen molar-refractivity contribution in [2.45, 2.75) is 40.0 Å². The maximum absolute atomic E-state index is 2.37. The number of nitrogens with zero attached hydrogens (tertiary/aromatic N) is 2. The van der Waals surface area contributed by atoms with Crippen molar-refractivity contribution >= 4 is 86.7 Å². The summed E-state index contributed by atoms with van der Waals surface area (Å²) in [5.41, 5.74) is 33.5. The molecule has 21 aromatic rings. The van der Waals surface area contributed by atoms with E-state index in [9.17, 15) is 0 Å². The Balaban J connectivity index is 0.000000148. The molecule has 0 aliphatic rings. The van der Waals surface area contributed by atoms with Crippen LogP contribution < -0.4 is 0 Å². The van der Waals surface area contributed by atoms with Gasteiger partial charge in [-0.05, 0) is 229 Å². The third-order valence-electron chi connectivity index (χ3n) is 23.5. The molecule has 2 aromatic heterocycles. The topological polar surface area (TPSA) is 9.86 Å². The number of fused-ring (bicyclic) bond motifs is 10. The molecular formula is C112H82N2. The molecule has 0 amide bonds. The summed E-state index contributed by atoms with van der Waals surface area (Å²) in [5.74, 6) is 0. The van der Waals surface area contributed by atoms with E-state index in [-0.39, 0.29) is 5.41 Å². The van der Waals surface area contributed by atoms with Gasteiger partial charge in [-0.2, -0.15) is 0 Å². The molecule has 0 bridgehead atoms. The third-order valence-corrected chi connectivity index (χ3v) is 23.5. The molecule has 2 nitrogen and oxygen atoms in total. The van der Waals surface area contributed by atoms with Crippen molar-refractivity contribution in [3.63, 3.8) is 0 Å². The average Bonchev–Trinajstić information content (AvgIpc) is 0.805. The Morgan fingerprint density at radius 3 is 0.675 bits per heavy atom. The molecule has 0 aliphatic heterocycles. The first kappa shape index (κ1) is 69.0. The lowest BCUT2D eigenvalue weighted by Gasteiger charge is -2.21. The number of para-hydroxylation sites is 4. The van der Waals surface area contributed by atoms with Crippen molar-refractivity contribution in [3.8, 4) is 112 Å². The second-order valence-corrected chi connectivity index (χ2v) is 31.6. The van der Waals surface area contributed by atoms with E-state index < -0.39 is 0 Å². The quantitative estimate of drug-likeness (QED) is 0.114. The highest BCUT2D eigenvalue weighted by molar-refractivity contribution is 6.23. The maximum atomic E-state index is 2.37. The average molecular weight is 1460 g/mol. The van der Waals surface area contributed by atoms with Gasteiger partial charge in [0.1, 0.15) is 0 Å². The lowest BCUT2D eigenvalue weighted by atomic mass is 9.83. The minimum absolute atomic E-state index is 0.113. The zero-order valence-corrected chi connectivity index (χ0v) is 64.6. The van der Waals surface area contributed by atoms with Crippen molar-refractivity contribution in [3.05, 3.63) is 423 Å². The van der Waals surface area contributed by atoms with Crippen LogP contribution in [-0.4, -0.2) is 9.13 Å². The highest BCUT2D eigenvalue weighted by Crippen LogP contribution is 2.48. The van der Waals surface area contributed by atoms with Gasteiger partial charge in [-0.1, -0.05) is 378 Å². The maximum Gasteiger partial charge on any atom is 0.0541 e. The molecule has 114 heavy (non-hydrogen) atoms. The Bertz CT molecular complexity index is 7110. The smallest absolute Gasteiger partial charge is 0.0541 e. The fourth-order valence-electron chi connectivity index (χ4n) is 18.0. The molecule has 0 spiro atoms. The van der Waals surface area contributed by atoms with E-state index in [0.29, 0.717) is 0 Å². The third kappa shape index (κ3) is 12.4. The minimum Gasteiger partial charge on any atom is -0.309 e. The van der Waals surface area contributed by atoms with E-state index in [1.807, 2.05) is 0 Å². The normalized spacial score (nSPS) is 11.7. The number of hydrogen-bond acceptors (Lipinski definition) is 0. The summed E-state index contributed by atoms with van der Waals surface area (Å²) < 4.78 is 4.74. The molecule has 0 N–H and O–H groups in total. The van der Waals surface area contributed by atoms with Crippen molar-refractivity contribution in [1.82, 2.24) is 9.13 Å². The molecule has 2 heteroatoms. The number of benzene rings is 19. The van der Waals surface area contributed by atoms with Crippen LogP contribution in [0.3, 0.4) is 0 Å². The molecule has 0 fully saturated rings. The van der Waals surface area contributed by atoms with Crippen LogP contribution in [0.5, 0.6) is 0 Å². The van der Waals surface area contributed by atoms with Crippen LogP contribution in [0, 0.1) is 13.8 Å². The summed E-state index contributed by atoms with van der Waals surface area (Å²) in [4.78, 5) is 0. The van der Waals surface area contributed by atoms with E-state index >= 15 is 0 Å². The molecule has 540 valence electrons. The van der Waals surface area contributed by atoms with Crippen LogP contribution in [0.2, 0.25) is 0 Å². The highest BCUT2D eigenvalue weighted by Gasteiger charge is 2.22. The van der Waals surface area contributed by atoms with Crippen molar-refractivity contribution < 1.29 is 0 Å². The first-order chi connectivity index (χ1) is 56.0. The molecular weight excluding hydrogens is 1370 g/mol. The fourth-order valence-corrected chi connectivity index (χ4v) is 18.0. The largest absolute Gasteiger partial charge is 0.309 e. The van der Waals surface area contributed by atoms with Gasteiger partial charge >= 0.3 is 0 Å². The standard InChI is InChI=1S/C58H41N.C54H41N/c1-38-34-39(2)36-47(35-38)43-22-20-40(21-23-43)41-24-28-44(29-25-41)57-50-15-6-8-17-52(50)58(53-18-9-7-16-51(53)57)45-30-26-42(27-31-45)46-32-33-56-54(37-46)49-14-10-11-19-55(49)59(56)48-12-4-3-5-13-48;1-54(2,3)42-32-29-40(30-33-42)53-47-18-9-7-16-45(47)52(46-17-8-10-19-48(46)53)39-27-25-37(26-28-39)36-21-23-38(24-22-36)41-31-34-51-49(35-41)44-15-11-12-20-50(44)55(51)43-13-5-4-6-14-43/h3-37H,1-2H3;4-35H,1-3H3. The van der Waals surface area contributed by atoms with Crippen LogP contribution in [-0.2, 0) is 5.41 Å². The number of hydrogen-bond donors (Lipinski definition) is 0. The molecule has 0 atom stereocenters. The van der Waals surface area contributed by atoms with Crippen LogP contribution in [0.4, 0.5) is 0 Å². The van der Waals surface area contributed by atoms with Gasteiger partial charge in [0.25, 0.3) is 0 Å². The SMILES string of the molecule is CC(C)(C)c1ccc(-c2c3ccccc3c(-c3ccc(-c4ccc(-c5ccc6c(c5)c5ccccc5n6-c5ccccc5)cc4)cc3)c3ccccc23)cc1.Cc1cc(C)cc(-c2ccc(-c3ccc(-c4c5ccccc5c(-c5ccc(-c6ccc7c(c6)c6ccccc6n7-c6ccccc6)cc5)c5ccccc45)cc3)cc2)c1. The van der Waals surface area contributed by atoms with E-state index in [1.54, 1.807) is 0 Å². The summed E-state index contributed by atoms with van der Waals surface area (Å²) >= 11 is 0. The monoisotopic (exact) mass is 1450 g/mol. The van der Waals surface area contributed by atoms with Crippen molar-refractivity contribution in [2.75, 3.05) is 0 Å². The lowest BCUT2D eigenvalue weighted by Crippen LogP contribution is -2.10. The van der Waals surface area contributed by atoms with Gasteiger partial charge < -0.3 is 9.13 Å². The van der Waals surface area contributed by atoms with Crippen LogP contribution in [0.15, 0.2) is 406 Å². The first-order valence-electron chi connectivity index (χ1n) is 39.8. The molecule has 21 rings (SSSR count). The summed E-state index contributed by atoms with van der Waals surface area (Å²) in [7, 11) is 0. The van der Waals surface area contributed by atoms with Gasteiger partial charge in [-0.15, -0.1) is 0 Å². The number of aryl methyl sites for hydroxylation is 2. The predicted octanol–water partition coefficient (Wildman–Crippen LogP) is 31.1. The van der Waals surface area contributed by atoms with E-state index in [2.05, 4.69) is 450 Å². The van der Waals surface area contributed by atoms with Gasteiger partial charge in [-0.25, -0.2) is 0 Å². The van der Waals surface area contributed by atoms with Crippen molar-refractivity contribution in [1.29, 1.82) is 0 Å². The lowest BCUT2D eigenvalue weighted by molar-refractivity contribution is 0.590. The first-order valence-corrected chi connectivity index (χ1v) is 39.8. The van der Waals surface area contributed by atoms with E-state index in [1.165, 1.54) is 215 Å². The zero-order valence-electron chi connectivity index (χ0n) is 64.6. The number of aromatic nitrogens is 2. The van der Waals surface area contributed by atoms with Crippen LogP contribution in [0.1, 0.15) is 37.5 Å². The molecule has 0 aliphatic carbocycles. The second-order valence-electron chi connectivity index (χ2n) is 31.6. The molecule has 2 heterocycles. The van der Waals surface area contributed by atoms with E-state index in [4.69, 9.17) is 0 Å². The summed E-state index contributed by atoms with van der Waals surface area (Å²) in [6.07, 6.45) is 0. The van der Waals surface area contributed by atoms with Gasteiger partial charge in [0, 0.05) is 32.9 Å². The van der Waals surface area contributed by atoms with Gasteiger partial charge in [0.15, 0.2) is 0 Å². The summed E-state index contributed by atoms with van der Waals surface area (Å²) in [5, 5.41) is 15.2. The second kappa shape index (κ2) is 28.6. The summed E-state index contributed by atoms with van der Waals surface area (Å²) in [6.45, 7) is 11.2. The van der Waals surface area contributed by atoms with Gasteiger partial charge in [0.05, 0.1) is 22.1 Å². The zero-order chi connectivity index (χ0) is 76.5. The number of rotatable bonds is 11. The highest BCUT2D eigenvalue weighted by atomic mass is 15.0. The molecule has 0 saturated heterocycles. The van der Waals surface area contributed by atoms with E-state index in [0.717, 1.165) is 0 Å².